The van der Waals surface area contributed by atoms with Crippen LogP contribution in [-0.2, 0) is 14.3 Å². The van der Waals surface area contributed by atoms with Gasteiger partial charge in [-0.2, -0.15) is 0 Å². The molecule has 0 aliphatic carbocycles. The van der Waals surface area contributed by atoms with Gasteiger partial charge in [-0.15, -0.1) is 0 Å². The fourth-order valence-electron chi connectivity index (χ4n) is 4.67. The summed E-state index contributed by atoms with van der Waals surface area (Å²) in [5, 5.41) is 0.637. The number of hydrogen-bond acceptors (Lipinski definition) is 5. The third kappa shape index (κ3) is 4.64. The summed E-state index contributed by atoms with van der Waals surface area (Å²) in [7, 11) is 1.52. The van der Waals surface area contributed by atoms with Crippen molar-refractivity contribution in [3.8, 4) is 11.4 Å². The van der Waals surface area contributed by atoms with E-state index in [1.54, 1.807) is 11.1 Å². The first kappa shape index (κ1) is 22.7. The number of piperidine rings is 1. The molecule has 0 radical (unpaired) electrons. The van der Waals surface area contributed by atoms with Crippen LogP contribution < -0.4 is 0 Å². The molecule has 0 saturated carbocycles. The van der Waals surface area contributed by atoms with Gasteiger partial charge in [-0.3, -0.25) is 9.59 Å². The van der Waals surface area contributed by atoms with Crippen molar-refractivity contribution < 1.29 is 14.3 Å². The molecule has 2 saturated heterocycles. The van der Waals surface area contributed by atoms with Crippen LogP contribution in [-0.4, -0.2) is 64.9 Å². The van der Waals surface area contributed by atoms with Crippen molar-refractivity contribution >= 4 is 23.4 Å². The Bertz CT molecular complexity index is 991. The first-order valence-corrected chi connectivity index (χ1v) is 11.5. The van der Waals surface area contributed by atoms with Gasteiger partial charge in [-0.25, -0.2) is 9.97 Å². The number of ether oxygens (including phenoxy) is 1. The van der Waals surface area contributed by atoms with Crippen LogP contribution in [0.5, 0.6) is 0 Å². The Hall–Kier alpha value is -2.51. The van der Waals surface area contributed by atoms with E-state index in [9.17, 15) is 9.59 Å². The van der Waals surface area contributed by atoms with Gasteiger partial charge in [-0.1, -0.05) is 30.7 Å². The zero-order valence-electron chi connectivity index (χ0n) is 18.6. The van der Waals surface area contributed by atoms with E-state index in [1.807, 2.05) is 42.2 Å². The van der Waals surface area contributed by atoms with Crippen LogP contribution >= 0.6 is 11.6 Å². The summed E-state index contributed by atoms with van der Waals surface area (Å²) in [6.45, 7) is 3.99. The second-order valence-corrected chi connectivity index (χ2v) is 9.28. The maximum Gasteiger partial charge on any atom is 0.248 e. The van der Waals surface area contributed by atoms with Crippen molar-refractivity contribution in [2.24, 2.45) is 5.41 Å². The lowest BCUT2D eigenvalue weighted by atomic mass is 9.78. The average molecular weight is 457 g/mol. The summed E-state index contributed by atoms with van der Waals surface area (Å²) >= 11 is 6.14. The summed E-state index contributed by atoms with van der Waals surface area (Å²) in [4.78, 5) is 38.8. The molecule has 0 bridgehead atoms. The lowest BCUT2D eigenvalue weighted by Gasteiger charge is -2.41. The molecule has 3 heterocycles. The molecular weight excluding hydrogens is 428 g/mol. The Morgan fingerprint density at radius 2 is 2.00 bits per heavy atom. The smallest absolute Gasteiger partial charge is 0.248 e. The highest BCUT2D eigenvalue weighted by Crippen LogP contribution is 2.39. The highest BCUT2D eigenvalue weighted by Gasteiger charge is 2.44. The molecule has 7 nitrogen and oxygen atoms in total. The third-order valence-corrected chi connectivity index (χ3v) is 6.85. The predicted molar refractivity (Wildman–Crippen MR) is 122 cm³/mol. The van der Waals surface area contributed by atoms with Gasteiger partial charge < -0.3 is 14.5 Å². The molecular formula is C24H29ClN4O3. The zero-order chi connectivity index (χ0) is 22.7. The highest BCUT2D eigenvalue weighted by molar-refractivity contribution is 6.30. The number of amides is 2. The van der Waals surface area contributed by atoms with Gasteiger partial charge in [-0.05, 0) is 43.9 Å². The standard InChI is InChI=1S/C24H29ClN4O3/c1-24(9-13-28(14-10-24)21(30)16-32-2)23(31)29-12-4-7-20(29)19-8-11-26-22(27-19)17-5-3-6-18(25)15-17/h3,5-6,8,11,15,20H,4,7,9-10,12-14,16H2,1-2H3/t20-/m0/s1. The molecule has 1 aromatic heterocycles. The number of benzene rings is 1. The number of carbonyl (C=O) groups excluding carboxylic acids is 2. The molecule has 0 unspecified atom stereocenters. The lowest BCUT2D eigenvalue weighted by molar-refractivity contribution is -0.149. The van der Waals surface area contributed by atoms with Crippen LogP contribution in [0.2, 0.25) is 5.02 Å². The monoisotopic (exact) mass is 456 g/mol. The molecule has 2 aromatic rings. The number of likely N-dealkylation sites (tertiary alicyclic amines) is 2. The van der Waals surface area contributed by atoms with Gasteiger partial charge in [0.15, 0.2) is 5.82 Å². The number of rotatable bonds is 5. The van der Waals surface area contributed by atoms with E-state index in [4.69, 9.17) is 21.3 Å². The van der Waals surface area contributed by atoms with Crippen molar-refractivity contribution in [2.75, 3.05) is 33.4 Å². The Morgan fingerprint density at radius 3 is 2.72 bits per heavy atom. The number of carbonyl (C=O) groups is 2. The quantitative estimate of drug-likeness (QED) is 0.685. The number of halogens is 1. The van der Waals surface area contributed by atoms with E-state index < -0.39 is 5.41 Å². The minimum atomic E-state index is -0.477. The first-order valence-electron chi connectivity index (χ1n) is 11.1. The number of nitrogens with zero attached hydrogens (tertiary/aromatic N) is 4. The van der Waals surface area contributed by atoms with Crippen LogP contribution in [0.1, 0.15) is 44.3 Å². The molecule has 170 valence electrons. The van der Waals surface area contributed by atoms with E-state index in [0.717, 1.165) is 30.6 Å². The number of methoxy groups -OCH3 is 1. The largest absolute Gasteiger partial charge is 0.375 e. The van der Waals surface area contributed by atoms with Crippen LogP contribution in [0.15, 0.2) is 36.5 Å². The highest BCUT2D eigenvalue weighted by atomic mass is 35.5. The fraction of sp³-hybridized carbons (Fsp3) is 0.500. The van der Waals surface area contributed by atoms with Crippen LogP contribution in [0.25, 0.3) is 11.4 Å². The SMILES string of the molecule is COCC(=O)N1CCC(C)(C(=O)N2CCC[C@H]2c2ccnc(-c3cccc(Cl)c3)n2)CC1. The maximum atomic E-state index is 13.6. The topological polar surface area (TPSA) is 75.6 Å². The van der Waals surface area contributed by atoms with Crippen LogP contribution in [0.4, 0.5) is 0 Å². The van der Waals surface area contributed by atoms with E-state index in [1.165, 1.54) is 7.11 Å². The molecule has 0 N–H and O–H groups in total. The van der Waals surface area contributed by atoms with Gasteiger partial charge in [0.25, 0.3) is 0 Å². The summed E-state index contributed by atoms with van der Waals surface area (Å²) in [6.07, 6.45) is 4.89. The molecule has 1 aromatic carbocycles. The van der Waals surface area contributed by atoms with Crippen molar-refractivity contribution in [2.45, 2.75) is 38.6 Å². The minimum absolute atomic E-state index is 0.0180. The number of aromatic nitrogens is 2. The van der Waals surface area contributed by atoms with Crippen LogP contribution in [0.3, 0.4) is 0 Å². The number of hydrogen-bond donors (Lipinski definition) is 0. The van der Waals surface area contributed by atoms with E-state index in [-0.39, 0.29) is 24.5 Å². The zero-order valence-corrected chi connectivity index (χ0v) is 19.3. The van der Waals surface area contributed by atoms with Gasteiger partial charge >= 0.3 is 0 Å². The average Bonchev–Trinajstić information content (AvgIpc) is 3.29. The summed E-state index contributed by atoms with van der Waals surface area (Å²) in [6, 6.07) is 9.32. The van der Waals surface area contributed by atoms with E-state index >= 15 is 0 Å². The van der Waals surface area contributed by atoms with Gasteiger partial charge in [0, 0.05) is 48.9 Å². The predicted octanol–water partition coefficient (Wildman–Crippen LogP) is 3.74. The fourth-order valence-corrected chi connectivity index (χ4v) is 4.86. The molecule has 32 heavy (non-hydrogen) atoms. The van der Waals surface area contributed by atoms with Gasteiger partial charge in [0.2, 0.25) is 11.8 Å². The molecule has 8 heteroatoms. The van der Waals surface area contributed by atoms with Gasteiger partial charge in [0.05, 0.1) is 11.7 Å². The molecule has 1 atom stereocenters. The van der Waals surface area contributed by atoms with Crippen molar-refractivity contribution in [1.29, 1.82) is 0 Å². The minimum Gasteiger partial charge on any atom is -0.375 e. The maximum absolute atomic E-state index is 13.6. The van der Waals surface area contributed by atoms with E-state index in [2.05, 4.69) is 4.98 Å². The Kier molecular flexibility index (Phi) is 6.76. The molecule has 2 amide bonds. The summed E-state index contributed by atoms with van der Waals surface area (Å²) in [5.41, 5.74) is 1.24. The molecule has 0 spiro atoms. The molecule has 4 rings (SSSR count). The Morgan fingerprint density at radius 1 is 1.22 bits per heavy atom. The van der Waals surface area contributed by atoms with E-state index in [0.29, 0.717) is 36.8 Å². The van der Waals surface area contributed by atoms with Crippen molar-refractivity contribution in [1.82, 2.24) is 19.8 Å². The molecule has 2 fully saturated rings. The van der Waals surface area contributed by atoms with Crippen molar-refractivity contribution in [3.63, 3.8) is 0 Å². The third-order valence-electron chi connectivity index (χ3n) is 6.62. The molecule has 2 aliphatic rings. The van der Waals surface area contributed by atoms with Crippen molar-refractivity contribution in [3.05, 3.63) is 47.2 Å². The normalized spacial score (nSPS) is 20.4. The summed E-state index contributed by atoms with van der Waals surface area (Å²) < 4.78 is 4.96. The Labute approximate surface area is 193 Å². The molecule has 2 aliphatic heterocycles. The lowest BCUT2D eigenvalue weighted by Crippen LogP contribution is -2.50. The van der Waals surface area contributed by atoms with Gasteiger partial charge in [0.1, 0.15) is 6.61 Å². The first-order chi connectivity index (χ1) is 15.4. The Balaban J connectivity index is 1.50. The second-order valence-electron chi connectivity index (χ2n) is 8.85. The summed E-state index contributed by atoms with van der Waals surface area (Å²) in [5.74, 6) is 0.748. The van der Waals surface area contributed by atoms with Crippen LogP contribution in [0, 0.1) is 5.41 Å². The second kappa shape index (κ2) is 9.55.